The standard InChI is InChI=1S/C24H36N4O6S/c1-5-28(20-8-10-35(30,31)11-9-20)22-7-6-17(18(16-32-2)13-23(29)33-3)12-21(22)27-19-14-25-24(34-4)26-15-19/h6-7,12,14-15,18,20,27,30-31H,5,8-11,13,16H2,1-4H3. The zero-order valence-corrected chi connectivity index (χ0v) is 21.6. The number of rotatable bonds is 11. The molecule has 1 saturated heterocycles. The summed E-state index contributed by atoms with van der Waals surface area (Å²) in [7, 11) is 2.03. The van der Waals surface area contributed by atoms with Crippen LogP contribution in [-0.4, -0.2) is 77.1 Å². The van der Waals surface area contributed by atoms with E-state index in [4.69, 9.17) is 14.2 Å². The number of benzene rings is 1. The van der Waals surface area contributed by atoms with Crippen LogP contribution in [0.3, 0.4) is 0 Å². The second-order valence-electron chi connectivity index (χ2n) is 8.52. The second-order valence-corrected chi connectivity index (χ2v) is 10.9. The molecule has 1 atom stereocenters. The van der Waals surface area contributed by atoms with Gasteiger partial charge >= 0.3 is 12.0 Å². The molecule has 1 aromatic heterocycles. The van der Waals surface area contributed by atoms with Crippen LogP contribution in [0.25, 0.3) is 0 Å². The van der Waals surface area contributed by atoms with E-state index in [1.165, 1.54) is 14.2 Å². The summed E-state index contributed by atoms with van der Waals surface area (Å²) in [5.41, 5.74) is 3.44. The highest BCUT2D eigenvalue weighted by Crippen LogP contribution is 2.46. The molecule has 1 aliphatic heterocycles. The van der Waals surface area contributed by atoms with E-state index < -0.39 is 10.6 Å². The molecule has 11 heteroatoms. The number of hydrogen-bond acceptors (Lipinski definition) is 10. The van der Waals surface area contributed by atoms with Crippen LogP contribution in [0.5, 0.6) is 6.01 Å². The van der Waals surface area contributed by atoms with E-state index in [9.17, 15) is 13.9 Å². The molecule has 2 heterocycles. The Morgan fingerprint density at radius 3 is 2.46 bits per heavy atom. The molecule has 1 aromatic carbocycles. The molecule has 1 fully saturated rings. The van der Waals surface area contributed by atoms with Crippen LogP contribution in [-0.2, 0) is 14.3 Å². The summed E-state index contributed by atoms with van der Waals surface area (Å²) in [5.74, 6) is 0.352. The number of aromatic nitrogens is 2. The average molecular weight is 509 g/mol. The van der Waals surface area contributed by atoms with E-state index >= 15 is 0 Å². The fourth-order valence-electron chi connectivity index (χ4n) is 4.39. The molecule has 0 spiro atoms. The van der Waals surface area contributed by atoms with E-state index in [1.54, 1.807) is 19.5 Å². The Kier molecular flexibility index (Phi) is 9.55. The van der Waals surface area contributed by atoms with Gasteiger partial charge in [0.2, 0.25) is 0 Å². The lowest BCUT2D eigenvalue weighted by molar-refractivity contribution is -0.141. The zero-order valence-electron chi connectivity index (χ0n) is 20.8. The van der Waals surface area contributed by atoms with Crippen molar-refractivity contribution in [1.29, 1.82) is 0 Å². The normalized spacial score (nSPS) is 17.3. The zero-order chi connectivity index (χ0) is 25.4. The lowest BCUT2D eigenvalue weighted by Crippen LogP contribution is -2.40. The minimum Gasteiger partial charge on any atom is -0.469 e. The SMILES string of the molecule is CCN(c1ccc(C(COC)CC(=O)OC)cc1Nc1cnc(OC)nc1)C1CCS(O)(O)CC1. The summed E-state index contributed by atoms with van der Waals surface area (Å²) >= 11 is 0. The molecule has 35 heavy (non-hydrogen) atoms. The van der Waals surface area contributed by atoms with Crippen molar-refractivity contribution in [2.24, 2.45) is 0 Å². The van der Waals surface area contributed by atoms with E-state index in [-0.39, 0.29) is 30.4 Å². The van der Waals surface area contributed by atoms with E-state index in [0.29, 0.717) is 36.6 Å². The predicted octanol–water partition coefficient (Wildman–Crippen LogP) is 4.26. The summed E-state index contributed by atoms with van der Waals surface area (Å²) in [6.07, 6.45) is 4.91. The monoisotopic (exact) mass is 508 g/mol. The van der Waals surface area contributed by atoms with E-state index in [1.807, 2.05) is 18.2 Å². The first-order chi connectivity index (χ1) is 16.8. The third-order valence-corrected chi connectivity index (χ3v) is 8.02. The van der Waals surface area contributed by atoms with Crippen LogP contribution >= 0.6 is 10.6 Å². The number of nitrogens with one attached hydrogen (secondary N) is 1. The van der Waals surface area contributed by atoms with Crippen LogP contribution in [0.4, 0.5) is 17.1 Å². The molecular formula is C24H36N4O6S. The molecule has 194 valence electrons. The van der Waals surface area contributed by atoms with Gasteiger partial charge in [-0.3, -0.25) is 13.9 Å². The Morgan fingerprint density at radius 2 is 1.89 bits per heavy atom. The first-order valence-corrected chi connectivity index (χ1v) is 13.5. The molecule has 3 rings (SSSR count). The number of nitrogens with zero attached hydrogens (tertiary/aromatic N) is 3. The molecule has 0 amide bonds. The van der Waals surface area contributed by atoms with Gasteiger partial charge in [0.15, 0.2) is 0 Å². The molecule has 2 aromatic rings. The van der Waals surface area contributed by atoms with Gasteiger partial charge < -0.3 is 24.4 Å². The number of ether oxygens (including phenoxy) is 3. The van der Waals surface area contributed by atoms with Crippen molar-refractivity contribution in [3.05, 3.63) is 36.2 Å². The molecule has 0 aliphatic carbocycles. The van der Waals surface area contributed by atoms with E-state index in [0.717, 1.165) is 23.5 Å². The van der Waals surface area contributed by atoms with Gasteiger partial charge in [-0.25, -0.2) is 9.97 Å². The van der Waals surface area contributed by atoms with Crippen LogP contribution < -0.4 is 15.0 Å². The largest absolute Gasteiger partial charge is 0.469 e. The number of carbonyl (C=O) groups is 1. The Bertz CT molecular complexity index is 965. The van der Waals surface area contributed by atoms with Crippen LogP contribution in [0.15, 0.2) is 30.6 Å². The van der Waals surface area contributed by atoms with E-state index in [2.05, 4.69) is 27.1 Å². The Labute approximate surface area is 208 Å². The second kappa shape index (κ2) is 12.4. The van der Waals surface area contributed by atoms with Crippen LogP contribution in [0.2, 0.25) is 0 Å². The molecule has 0 bridgehead atoms. The first kappa shape index (κ1) is 27.0. The smallest absolute Gasteiger partial charge is 0.316 e. The molecule has 0 saturated carbocycles. The summed E-state index contributed by atoms with van der Waals surface area (Å²) in [6.45, 7) is 3.21. The van der Waals surface area contributed by atoms with Gasteiger partial charge in [-0.1, -0.05) is 6.07 Å². The Morgan fingerprint density at radius 1 is 1.20 bits per heavy atom. The van der Waals surface area contributed by atoms with Crippen molar-refractivity contribution in [3.8, 4) is 6.01 Å². The highest BCUT2D eigenvalue weighted by Gasteiger charge is 2.29. The summed E-state index contributed by atoms with van der Waals surface area (Å²) < 4.78 is 35.5. The van der Waals surface area contributed by atoms with Gasteiger partial charge in [0.25, 0.3) is 0 Å². The van der Waals surface area contributed by atoms with Crippen molar-refractivity contribution in [1.82, 2.24) is 9.97 Å². The first-order valence-electron chi connectivity index (χ1n) is 11.6. The van der Waals surface area contributed by atoms with Crippen LogP contribution in [0.1, 0.15) is 37.7 Å². The summed E-state index contributed by atoms with van der Waals surface area (Å²) in [6, 6.07) is 6.53. The number of carbonyl (C=O) groups excluding carboxylic acids is 1. The van der Waals surface area contributed by atoms with Crippen molar-refractivity contribution in [2.75, 3.05) is 56.2 Å². The highest BCUT2D eigenvalue weighted by molar-refractivity contribution is 8.24. The fraction of sp³-hybridized carbons (Fsp3) is 0.542. The number of hydrogen-bond donors (Lipinski definition) is 3. The predicted molar refractivity (Wildman–Crippen MR) is 138 cm³/mol. The van der Waals surface area contributed by atoms with Crippen molar-refractivity contribution < 1.29 is 28.1 Å². The van der Waals surface area contributed by atoms with Crippen molar-refractivity contribution in [2.45, 2.75) is 38.1 Å². The maximum atomic E-state index is 12.0. The third kappa shape index (κ3) is 7.20. The minimum atomic E-state index is -2.47. The van der Waals surface area contributed by atoms with Crippen molar-refractivity contribution in [3.63, 3.8) is 0 Å². The van der Waals surface area contributed by atoms with Crippen molar-refractivity contribution >= 4 is 33.6 Å². The molecule has 1 aliphatic rings. The number of anilines is 3. The van der Waals surface area contributed by atoms with Gasteiger partial charge in [0.05, 0.1) is 56.7 Å². The third-order valence-electron chi connectivity index (χ3n) is 6.24. The topological polar surface area (TPSA) is 126 Å². The van der Waals surface area contributed by atoms with Gasteiger partial charge in [0.1, 0.15) is 0 Å². The Hall–Kier alpha value is -2.60. The van der Waals surface area contributed by atoms with Crippen LogP contribution in [0, 0.1) is 0 Å². The maximum Gasteiger partial charge on any atom is 0.316 e. The van der Waals surface area contributed by atoms with Gasteiger partial charge in [-0.2, -0.15) is 10.6 Å². The number of methoxy groups -OCH3 is 3. The summed E-state index contributed by atoms with van der Waals surface area (Å²) in [4.78, 5) is 22.7. The Balaban J connectivity index is 1.97. The number of esters is 1. The average Bonchev–Trinajstić information content (AvgIpc) is 2.86. The minimum absolute atomic E-state index is 0.174. The van der Waals surface area contributed by atoms with Gasteiger partial charge in [0, 0.05) is 37.1 Å². The molecule has 1 unspecified atom stereocenters. The molecule has 10 nitrogen and oxygen atoms in total. The summed E-state index contributed by atoms with van der Waals surface area (Å²) in [5, 5.41) is 3.43. The lowest BCUT2D eigenvalue weighted by atomic mass is 9.95. The lowest BCUT2D eigenvalue weighted by Gasteiger charge is -2.44. The van der Waals surface area contributed by atoms with Gasteiger partial charge in [-0.05, 0) is 37.5 Å². The quantitative estimate of drug-likeness (QED) is 0.379. The highest BCUT2D eigenvalue weighted by atomic mass is 32.3. The fourth-order valence-corrected chi connectivity index (χ4v) is 5.89. The maximum absolute atomic E-state index is 12.0. The molecular weight excluding hydrogens is 472 g/mol. The molecule has 3 N–H and O–H groups in total. The molecule has 0 radical (unpaired) electrons. The van der Waals surface area contributed by atoms with Gasteiger partial charge in [-0.15, -0.1) is 0 Å².